The average molecular weight is 277 g/mol. The van der Waals surface area contributed by atoms with Gasteiger partial charge in [-0.2, -0.15) is 0 Å². The molecule has 1 N–H and O–H groups in total. The number of rotatable bonds is 4. The Labute approximate surface area is 123 Å². The first-order valence-electron chi connectivity index (χ1n) is 7.96. The minimum Gasteiger partial charge on any atom is -0.310 e. The van der Waals surface area contributed by atoms with Crippen molar-refractivity contribution in [2.24, 2.45) is 11.8 Å². The van der Waals surface area contributed by atoms with E-state index in [9.17, 15) is 4.39 Å². The molecule has 1 saturated carbocycles. The van der Waals surface area contributed by atoms with Crippen LogP contribution >= 0.6 is 0 Å². The van der Waals surface area contributed by atoms with E-state index in [0.29, 0.717) is 6.04 Å². The van der Waals surface area contributed by atoms with E-state index in [1.54, 1.807) is 0 Å². The van der Waals surface area contributed by atoms with Gasteiger partial charge in [0.15, 0.2) is 0 Å². The van der Waals surface area contributed by atoms with Crippen molar-refractivity contribution >= 4 is 0 Å². The molecule has 0 radical (unpaired) electrons. The third kappa shape index (κ3) is 3.82. The van der Waals surface area contributed by atoms with Gasteiger partial charge in [0.1, 0.15) is 5.82 Å². The summed E-state index contributed by atoms with van der Waals surface area (Å²) in [6, 6.07) is 4.57. The lowest BCUT2D eigenvalue weighted by Gasteiger charge is -2.31. The lowest BCUT2D eigenvalue weighted by molar-refractivity contribution is 0.238. The average Bonchev–Trinajstić information content (AvgIpc) is 2.42. The Bertz CT molecular complexity index is 422. The van der Waals surface area contributed by atoms with Crippen LogP contribution in [0.3, 0.4) is 0 Å². The fourth-order valence-corrected chi connectivity index (χ4v) is 3.39. The van der Waals surface area contributed by atoms with Crippen LogP contribution in [0.2, 0.25) is 0 Å². The molecule has 1 aromatic rings. The molecule has 1 aliphatic rings. The normalized spacial score (nSPS) is 23.3. The quantitative estimate of drug-likeness (QED) is 0.837. The maximum Gasteiger partial charge on any atom is 0.129 e. The van der Waals surface area contributed by atoms with E-state index >= 15 is 0 Å². The third-order valence-corrected chi connectivity index (χ3v) is 4.81. The zero-order chi connectivity index (χ0) is 14.7. The summed E-state index contributed by atoms with van der Waals surface area (Å²) in [7, 11) is 0. The number of halogens is 1. The minimum absolute atomic E-state index is 0.0637. The standard InChI is InChI=1S/C18H28FN/c1-12(2)16-5-7-17(8-6-16)20-11-15-9-13(3)18(19)14(4)10-15/h9-10,12,16-17,20H,5-8,11H2,1-4H3. The first-order chi connectivity index (χ1) is 9.47. The van der Waals surface area contributed by atoms with E-state index in [1.165, 1.54) is 31.2 Å². The second-order valence-electron chi connectivity index (χ2n) is 6.78. The fourth-order valence-electron chi connectivity index (χ4n) is 3.39. The van der Waals surface area contributed by atoms with Crippen LogP contribution in [0.25, 0.3) is 0 Å². The summed E-state index contributed by atoms with van der Waals surface area (Å²) in [6.45, 7) is 9.23. The number of nitrogens with one attached hydrogen (secondary N) is 1. The molecule has 112 valence electrons. The van der Waals surface area contributed by atoms with E-state index in [1.807, 2.05) is 26.0 Å². The molecule has 0 spiro atoms. The summed E-state index contributed by atoms with van der Waals surface area (Å²) >= 11 is 0. The maximum atomic E-state index is 13.6. The van der Waals surface area contributed by atoms with Crippen LogP contribution in [0.5, 0.6) is 0 Å². The lowest BCUT2D eigenvalue weighted by Crippen LogP contribution is -2.33. The molecule has 2 rings (SSSR count). The molecule has 0 bridgehead atoms. The SMILES string of the molecule is Cc1cc(CNC2CCC(C(C)C)CC2)cc(C)c1F. The summed E-state index contributed by atoms with van der Waals surface area (Å²) in [5.74, 6) is 1.66. The van der Waals surface area contributed by atoms with Crippen molar-refractivity contribution in [2.75, 3.05) is 0 Å². The van der Waals surface area contributed by atoms with Gasteiger partial charge >= 0.3 is 0 Å². The molecule has 0 amide bonds. The van der Waals surface area contributed by atoms with E-state index < -0.39 is 0 Å². The molecule has 0 unspecified atom stereocenters. The van der Waals surface area contributed by atoms with Gasteiger partial charge in [0, 0.05) is 12.6 Å². The summed E-state index contributed by atoms with van der Waals surface area (Å²) in [5.41, 5.74) is 2.71. The Kier molecular flexibility index (Phi) is 5.20. The summed E-state index contributed by atoms with van der Waals surface area (Å²) in [5, 5.41) is 3.65. The highest BCUT2D eigenvalue weighted by molar-refractivity contribution is 5.30. The van der Waals surface area contributed by atoms with Gasteiger partial charge in [0.2, 0.25) is 0 Å². The van der Waals surface area contributed by atoms with Crippen LogP contribution in [-0.2, 0) is 6.54 Å². The van der Waals surface area contributed by atoms with Crippen molar-refractivity contribution in [3.63, 3.8) is 0 Å². The molecular weight excluding hydrogens is 249 g/mol. The Balaban J connectivity index is 1.85. The van der Waals surface area contributed by atoms with Crippen LogP contribution < -0.4 is 5.32 Å². The second-order valence-corrected chi connectivity index (χ2v) is 6.78. The molecule has 20 heavy (non-hydrogen) atoms. The zero-order valence-corrected chi connectivity index (χ0v) is 13.3. The van der Waals surface area contributed by atoms with Gasteiger partial charge in [-0.3, -0.25) is 0 Å². The highest BCUT2D eigenvalue weighted by Gasteiger charge is 2.22. The molecule has 1 nitrogen and oxygen atoms in total. The van der Waals surface area contributed by atoms with Gasteiger partial charge in [-0.1, -0.05) is 26.0 Å². The highest BCUT2D eigenvalue weighted by atomic mass is 19.1. The highest BCUT2D eigenvalue weighted by Crippen LogP contribution is 2.30. The summed E-state index contributed by atoms with van der Waals surface area (Å²) < 4.78 is 13.6. The topological polar surface area (TPSA) is 12.0 Å². The number of hydrogen-bond donors (Lipinski definition) is 1. The van der Waals surface area contributed by atoms with Crippen molar-refractivity contribution in [1.82, 2.24) is 5.32 Å². The second kappa shape index (κ2) is 6.71. The largest absolute Gasteiger partial charge is 0.310 e. The van der Waals surface area contributed by atoms with Crippen molar-refractivity contribution in [2.45, 2.75) is 66.0 Å². The van der Waals surface area contributed by atoms with Crippen LogP contribution in [0.1, 0.15) is 56.2 Å². The summed E-state index contributed by atoms with van der Waals surface area (Å²) in [4.78, 5) is 0. The van der Waals surface area contributed by atoms with Crippen LogP contribution in [-0.4, -0.2) is 6.04 Å². The predicted molar refractivity (Wildman–Crippen MR) is 83.3 cm³/mol. The first kappa shape index (κ1) is 15.5. The molecule has 0 atom stereocenters. The predicted octanol–water partition coefficient (Wildman–Crippen LogP) is 4.75. The van der Waals surface area contributed by atoms with Gasteiger partial charge < -0.3 is 5.32 Å². The van der Waals surface area contributed by atoms with Crippen LogP contribution in [0.15, 0.2) is 12.1 Å². The monoisotopic (exact) mass is 277 g/mol. The van der Waals surface area contributed by atoms with E-state index in [4.69, 9.17) is 0 Å². The van der Waals surface area contributed by atoms with Gasteiger partial charge in [0.25, 0.3) is 0 Å². The Hall–Kier alpha value is -0.890. The minimum atomic E-state index is -0.0637. The molecular formula is C18H28FN. The molecule has 1 fully saturated rings. The van der Waals surface area contributed by atoms with E-state index in [0.717, 1.165) is 29.5 Å². The van der Waals surface area contributed by atoms with E-state index in [-0.39, 0.29) is 5.82 Å². The maximum absolute atomic E-state index is 13.6. The van der Waals surface area contributed by atoms with Crippen molar-refractivity contribution in [3.05, 3.63) is 34.6 Å². The smallest absolute Gasteiger partial charge is 0.129 e. The number of aryl methyl sites for hydroxylation is 2. The fraction of sp³-hybridized carbons (Fsp3) is 0.667. The van der Waals surface area contributed by atoms with Crippen molar-refractivity contribution in [1.29, 1.82) is 0 Å². The number of benzene rings is 1. The summed E-state index contributed by atoms with van der Waals surface area (Å²) in [6.07, 6.45) is 5.25. The molecule has 0 aliphatic heterocycles. The number of hydrogen-bond acceptors (Lipinski definition) is 1. The Morgan fingerprint density at radius 2 is 1.65 bits per heavy atom. The Morgan fingerprint density at radius 1 is 1.10 bits per heavy atom. The van der Waals surface area contributed by atoms with Crippen LogP contribution in [0, 0.1) is 31.5 Å². The zero-order valence-electron chi connectivity index (χ0n) is 13.3. The van der Waals surface area contributed by atoms with Crippen LogP contribution in [0.4, 0.5) is 4.39 Å². The lowest BCUT2D eigenvalue weighted by atomic mass is 9.79. The van der Waals surface area contributed by atoms with Gasteiger partial charge in [-0.05, 0) is 68.1 Å². The van der Waals surface area contributed by atoms with E-state index in [2.05, 4.69) is 19.2 Å². The first-order valence-corrected chi connectivity index (χ1v) is 7.96. The molecule has 0 saturated heterocycles. The van der Waals surface area contributed by atoms with Crippen molar-refractivity contribution < 1.29 is 4.39 Å². The molecule has 0 aromatic heterocycles. The van der Waals surface area contributed by atoms with Gasteiger partial charge in [-0.15, -0.1) is 0 Å². The molecule has 1 aliphatic carbocycles. The molecule has 1 aromatic carbocycles. The molecule has 2 heteroatoms. The van der Waals surface area contributed by atoms with Gasteiger partial charge in [-0.25, -0.2) is 4.39 Å². The molecule has 0 heterocycles. The van der Waals surface area contributed by atoms with Gasteiger partial charge in [0.05, 0.1) is 0 Å². The van der Waals surface area contributed by atoms with Crippen molar-refractivity contribution in [3.8, 4) is 0 Å². The Morgan fingerprint density at radius 3 is 2.15 bits per heavy atom. The third-order valence-electron chi connectivity index (χ3n) is 4.81.